The molecule has 10 rings (SSSR count). The van der Waals surface area contributed by atoms with Gasteiger partial charge in [-0.2, -0.15) is 5.26 Å². The Hall–Kier alpha value is -7.21. The molecule has 1 heterocycles. The smallest absolute Gasteiger partial charge is 0.0992 e. The third kappa shape index (κ3) is 5.10. The van der Waals surface area contributed by atoms with Crippen molar-refractivity contribution < 1.29 is 0 Å². The molecule has 0 atom stereocenters. The van der Waals surface area contributed by atoms with Crippen LogP contribution in [0.5, 0.6) is 0 Å². The van der Waals surface area contributed by atoms with E-state index < -0.39 is 0 Å². The summed E-state index contributed by atoms with van der Waals surface area (Å²) >= 11 is 0. The molecule has 0 aliphatic carbocycles. The largest absolute Gasteiger partial charge is 0.309 e. The molecule has 2 heteroatoms. The Labute approximate surface area is 308 Å². The van der Waals surface area contributed by atoms with E-state index in [9.17, 15) is 5.26 Å². The van der Waals surface area contributed by atoms with E-state index in [2.05, 4.69) is 193 Å². The first-order valence-corrected chi connectivity index (χ1v) is 18.0. The van der Waals surface area contributed by atoms with E-state index >= 15 is 0 Å². The van der Waals surface area contributed by atoms with Crippen molar-refractivity contribution in [3.63, 3.8) is 0 Å². The van der Waals surface area contributed by atoms with Crippen molar-refractivity contribution in [2.45, 2.75) is 0 Å². The topological polar surface area (TPSA) is 28.7 Å². The monoisotopic (exact) mass is 672 g/mol. The minimum Gasteiger partial charge on any atom is -0.309 e. The lowest BCUT2D eigenvalue weighted by molar-refractivity contribution is 1.18. The van der Waals surface area contributed by atoms with Crippen molar-refractivity contribution in [3.05, 3.63) is 200 Å². The number of benzene rings is 9. The highest BCUT2D eigenvalue weighted by atomic mass is 15.0. The molecule has 0 aliphatic rings. The van der Waals surface area contributed by atoms with Crippen molar-refractivity contribution >= 4 is 43.4 Å². The van der Waals surface area contributed by atoms with Crippen LogP contribution in [0, 0.1) is 11.3 Å². The molecule has 53 heavy (non-hydrogen) atoms. The third-order valence-corrected chi connectivity index (χ3v) is 10.6. The summed E-state index contributed by atoms with van der Waals surface area (Å²) in [5, 5.41) is 17.5. The van der Waals surface area contributed by atoms with Gasteiger partial charge in [-0.1, -0.05) is 152 Å². The number of nitrogens with zero attached hydrogens (tertiary/aromatic N) is 2. The summed E-state index contributed by atoms with van der Waals surface area (Å²) in [5.74, 6) is 0. The van der Waals surface area contributed by atoms with Gasteiger partial charge in [-0.05, 0) is 109 Å². The van der Waals surface area contributed by atoms with Crippen molar-refractivity contribution in [2.75, 3.05) is 0 Å². The first kappa shape index (κ1) is 30.6. The van der Waals surface area contributed by atoms with Gasteiger partial charge in [0.25, 0.3) is 0 Å². The molecule has 10 aromatic rings. The lowest BCUT2D eigenvalue weighted by atomic mass is 9.85. The van der Waals surface area contributed by atoms with Crippen LogP contribution in [0.25, 0.3) is 93.5 Å². The molecule has 0 radical (unpaired) electrons. The first-order chi connectivity index (χ1) is 26.2. The predicted octanol–water partition coefficient (Wildman–Crippen LogP) is 13.6. The average Bonchev–Trinajstić information content (AvgIpc) is 3.57. The van der Waals surface area contributed by atoms with Crippen LogP contribution in [0.15, 0.2) is 194 Å². The Balaban J connectivity index is 1.08. The highest BCUT2D eigenvalue weighted by Gasteiger charge is 2.18. The maximum absolute atomic E-state index is 10.3. The zero-order valence-electron chi connectivity index (χ0n) is 28.9. The van der Waals surface area contributed by atoms with Crippen molar-refractivity contribution in [3.8, 4) is 56.3 Å². The van der Waals surface area contributed by atoms with Crippen LogP contribution in [0.4, 0.5) is 0 Å². The average molecular weight is 673 g/mol. The second-order valence-electron chi connectivity index (χ2n) is 13.6. The van der Waals surface area contributed by atoms with Crippen LogP contribution in [0.1, 0.15) is 5.56 Å². The van der Waals surface area contributed by atoms with E-state index in [0.29, 0.717) is 5.56 Å². The minimum atomic E-state index is 0.640. The predicted molar refractivity (Wildman–Crippen MR) is 222 cm³/mol. The SMILES string of the molecule is N#Cc1cc(-c2ccc(-c3cccc(-n4c5ccccc5c5ccccc54)c3)cc2)cc(-c2c3ccccc3c(-c3ccccc3)c3ccccc23)c1. The number of nitriles is 1. The molecule has 0 unspecified atom stereocenters. The molecule has 0 saturated carbocycles. The molecule has 0 saturated heterocycles. The van der Waals surface area contributed by atoms with Crippen molar-refractivity contribution in [2.24, 2.45) is 0 Å². The summed E-state index contributed by atoms with van der Waals surface area (Å²) in [4.78, 5) is 0. The molecule has 0 N–H and O–H groups in total. The zero-order valence-corrected chi connectivity index (χ0v) is 28.9. The van der Waals surface area contributed by atoms with E-state index in [0.717, 1.165) is 39.1 Å². The number of hydrogen-bond acceptors (Lipinski definition) is 1. The Bertz CT molecular complexity index is 2940. The van der Waals surface area contributed by atoms with Gasteiger partial charge in [0.15, 0.2) is 0 Å². The number of para-hydroxylation sites is 2. The number of aromatic nitrogens is 1. The van der Waals surface area contributed by atoms with E-state index in [4.69, 9.17) is 0 Å². The van der Waals surface area contributed by atoms with Gasteiger partial charge in [0.2, 0.25) is 0 Å². The van der Waals surface area contributed by atoms with Gasteiger partial charge in [0.05, 0.1) is 22.7 Å². The molecule has 1 aromatic heterocycles. The number of fused-ring (bicyclic) bond motifs is 5. The first-order valence-electron chi connectivity index (χ1n) is 18.0. The molecular formula is C51H32N2. The summed E-state index contributed by atoms with van der Waals surface area (Å²) in [7, 11) is 0. The summed E-state index contributed by atoms with van der Waals surface area (Å²) in [6.07, 6.45) is 0. The van der Waals surface area contributed by atoms with Crippen molar-refractivity contribution in [1.82, 2.24) is 4.57 Å². The van der Waals surface area contributed by atoms with Crippen LogP contribution < -0.4 is 0 Å². The number of hydrogen-bond donors (Lipinski definition) is 0. The lowest BCUT2D eigenvalue weighted by Gasteiger charge is -2.18. The maximum atomic E-state index is 10.3. The molecule has 0 aliphatic heterocycles. The molecule has 0 bridgehead atoms. The molecule has 0 spiro atoms. The molecule has 2 nitrogen and oxygen atoms in total. The second kappa shape index (κ2) is 12.5. The molecular weight excluding hydrogens is 641 g/mol. The van der Waals surface area contributed by atoms with Crippen LogP contribution >= 0.6 is 0 Å². The Morgan fingerprint density at radius 1 is 0.321 bits per heavy atom. The maximum Gasteiger partial charge on any atom is 0.0992 e. The summed E-state index contributed by atoms with van der Waals surface area (Å²) < 4.78 is 2.36. The summed E-state index contributed by atoms with van der Waals surface area (Å²) in [6, 6.07) is 71.5. The van der Waals surface area contributed by atoms with E-state index in [1.807, 2.05) is 12.1 Å². The number of rotatable bonds is 5. The highest BCUT2D eigenvalue weighted by molar-refractivity contribution is 6.21. The summed E-state index contributed by atoms with van der Waals surface area (Å²) in [6.45, 7) is 0. The normalized spacial score (nSPS) is 11.4. The van der Waals surface area contributed by atoms with Gasteiger partial charge in [-0.25, -0.2) is 0 Å². The Morgan fingerprint density at radius 2 is 0.774 bits per heavy atom. The highest BCUT2D eigenvalue weighted by Crippen LogP contribution is 2.44. The van der Waals surface area contributed by atoms with Gasteiger partial charge in [-0.3, -0.25) is 0 Å². The van der Waals surface area contributed by atoms with Crippen LogP contribution in [0.3, 0.4) is 0 Å². The van der Waals surface area contributed by atoms with E-state index in [1.54, 1.807) is 0 Å². The van der Waals surface area contributed by atoms with Gasteiger partial charge >= 0.3 is 0 Å². The van der Waals surface area contributed by atoms with Crippen molar-refractivity contribution in [1.29, 1.82) is 5.26 Å². The molecule has 246 valence electrons. The fourth-order valence-electron chi connectivity index (χ4n) is 8.24. The molecule has 0 amide bonds. The zero-order chi connectivity index (χ0) is 35.3. The van der Waals surface area contributed by atoms with Gasteiger partial charge in [-0.15, -0.1) is 0 Å². The minimum absolute atomic E-state index is 0.640. The Morgan fingerprint density at radius 3 is 1.34 bits per heavy atom. The third-order valence-electron chi connectivity index (χ3n) is 10.6. The van der Waals surface area contributed by atoms with E-state index in [1.165, 1.54) is 54.5 Å². The van der Waals surface area contributed by atoms with Crippen LogP contribution in [0.2, 0.25) is 0 Å². The Kier molecular flexibility index (Phi) is 7.23. The summed E-state index contributed by atoms with van der Waals surface area (Å²) in [5.41, 5.74) is 13.2. The van der Waals surface area contributed by atoms with E-state index in [-0.39, 0.29) is 0 Å². The molecule has 0 fully saturated rings. The molecule has 9 aromatic carbocycles. The van der Waals surface area contributed by atoms with Crippen LogP contribution in [-0.4, -0.2) is 4.57 Å². The second-order valence-corrected chi connectivity index (χ2v) is 13.6. The van der Waals surface area contributed by atoms with Gasteiger partial charge < -0.3 is 4.57 Å². The fourth-order valence-corrected chi connectivity index (χ4v) is 8.24. The quantitative estimate of drug-likeness (QED) is 0.167. The van der Waals surface area contributed by atoms with Gasteiger partial charge in [0, 0.05) is 16.5 Å². The van der Waals surface area contributed by atoms with Crippen LogP contribution in [-0.2, 0) is 0 Å². The fraction of sp³-hybridized carbons (Fsp3) is 0. The van der Waals surface area contributed by atoms with Gasteiger partial charge in [0.1, 0.15) is 0 Å². The standard InChI is InChI=1S/C51H32N2/c52-33-34-29-39(31-40(30-34)51-46-21-6-4-19-44(46)50(37-13-2-1-3-14-37)45-20-5-7-22-47(45)51)36-27-25-35(26-28-36)38-15-12-16-41(32-38)53-48-23-10-8-17-42(48)43-18-9-11-24-49(43)53/h1-32H. The lowest BCUT2D eigenvalue weighted by Crippen LogP contribution is -1.94.